The van der Waals surface area contributed by atoms with Gasteiger partial charge < -0.3 is 15.6 Å². The fourth-order valence-corrected chi connectivity index (χ4v) is 5.69. The zero-order valence-corrected chi connectivity index (χ0v) is 15.5. The Labute approximate surface area is 160 Å². The van der Waals surface area contributed by atoms with Gasteiger partial charge in [-0.05, 0) is 42.7 Å². The SMILES string of the molecule is NC1=NC2(CS1)c1cc(-c3cccnc3F)ccc1OC1CC(O)CCC12. The zero-order valence-electron chi connectivity index (χ0n) is 14.6. The Hall–Kier alpha value is -2.12. The van der Waals surface area contributed by atoms with Gasteiger partial charge in [0.2, 0.25) is 5.95 Å². The number of nitrogens with zero attached hydrogens (tertiary/aromatic N) is 2. The molecule has 3 N–H and O–H groups in total. The molecule has 3 aliphatic rings. The van der Waals surface area contributed by atoms with Crippen LogP contribution in [0.5, 0.6) is 5.75 Å². The minimum Gasteiger partial charge on any atom is -0.490 e. The molecule has 1 saturated carbocycles. The molecule has 0 bridgehead atoms. The van der Waals surface area contributed by atoms with Crippen molar-refractivity contribution in [1.82, 2.24) is 4.98 Å². The lowest BCUT2D eigenvalue weighted by molar-refractivity contribution is -0.0246. The van der Waals surface area contributed by atoms with Crippen LogP contribution in [0.25, 0.3) is 11.1 Å². The molecule has 2 aliphatic heterocycles. The summed E-state index contributed by atoms with van der Waals surface area (Å²) in [5.41, 5.74) is 7.75. The Bertz CT molecular complexity index is 937. The first-order chi connectivity index (χ1) is 13.1. The van der Waals surface area contributed by atoms with E-state index < -0.39 is 11.5 Å². The predicted molar refractivity (Wildman–Crippen MR) is 103 cm³/mol. The third-order valence-electron chi connectivity index (χ3n) is 5.92. The minimum atomic E-state index is -0.495. The fourth-order valence-electron chi connectivity index (χ4n) is 4.66. The summed E-state index contributed by atoms with van der Waals surface area (Å²) in [5, 5.41) is 10.7. The van der Waals surface area contributed by atoms with E-state index >= 15 is 0 Å². The second-order valence-electron chi connectivity index (χ2n) is 7.45. The highest BCUT2D eigenvalue weighted by Gasteiger charge is 2.54. The molecule has 1 aromatic carbocycles. The summed E-state index contributed by atoms with van der Waals surface area (Å²) in [6, 6.07) is 9.15. The number of aromatic nitrogens is 1. The number of aliphatic hydroxyl groups is 1. The van der Waals surface area contributed by atoms with Crippen molar-refractivity contribution in [3.63, 3.8) is 0 Å². The maximum Gasteiger partial charge on any atom is 0.220 e. The van der Waals surface area contributed by atoms with E-state index in [2.05, 4.69) is 4.98 Å². The molecular formula is C20H20FN3O2S. The second kappa shape index (κ2) is 6.21. The topological polar surface area (TPSA) is 80.7 Å². The number of ether oxygens (including phenoxy) is 1. The molecule has 5 nitrogen and oxygen atoms in total. The van der Waals surface area contributed by atoms with E-state index in [0.717, 1.165) is 35.5 Å². The van der Waals surface area contributed by atoms with Crippen LogP contribution >= 0.6 is 11.8 Å². The van der Waals surface area contributed by atoms with Crippen molar-refractivity contribution in [2.75, 3.05) is 5.75 Å². The van der Waals surface area contributed by atoms with E-state index in [0.29, 0.717) is 17.2 Å². The highest BCUT2D eigenvalue weighted by molar-refractivity contribution is 8.14. The fraction of sp³-hybridized carbons (Fsp3) is 0.400. The van der Waals surface area contributed by atoms with Gasteiger partial charge in [-0.3, -0.25) is 0 Å². The van der Waals surface area contributed by atoms with Crippen LogP contribution in [-0.4, -0.2) is 33.2 Å². The maximum atomic E-state index is 14.2. The van der Waals surface area contributed by atoms with Gasteiger partial charge >= 0.3 is 0 Å². The lowest BCUT2D eigenvalue weighted by Crippen LogP contribution is -2.51. The quantitative estimate of drug-likeness (QED) is 0.738. The molecule has 140 valence electrons. The van der Waals surface area contributed by atoms with Crippen LogP contribution in [0.3, 0.4) is 0 Å². The van der Waals surface area contributed by atoms with E-state index in [9.17, 15) is 9.50 Å². The second-order valence-corrected chi connectivity index (χ2v) is 8.44. The predicted octanol–water partition coefficient (Wildman–Crippen LogP) is 3.07. The number of pyridine rings is 1. The van der Waals surface area contributed by atoms with Crippen molar-refractivity contribution < 1.29 is 14.2 Å². The molecule has 5 rings (SSSR count). The number of aliphatic imine (C=N–C) groups is 1. The summed E-state index contributed by atoms with van der Waals surface area (Å²) in [4.78, 5) is 8.64. The van der Waals surface area contributed by atoms with E-state index in [1.807, 2.05) is 18.2 Å². The van der Waals surface area contributed by atoms with E-state index in [1.165, 1.54) is 6.20 Å². The van der Waals surface area contributed by atoms with Crippen LogP contribution < -0.4 is 10.5 Å². The van der Waals surface area contributed by atoms with Crippen LogP contribution in [0, 0.1) is 11.9 Å². The number of hydrogen-bond acceptors (Lipinski definition) is 6. The summed E-state index contributed by atoms with van der Waals surface area (Å²) >= 11 is 1.55. The lowest BCUT2D eigenvalue weighted by atomic mass is 9.68. The van der Waals surface area contributed by atoms with Crippen molar-refractivity contribution in [2.24, 2.45) is 16.6 Å². The van der Waals surface area contributed by atoms with Crippen molar-refractivity contribution in [2.45, 2.75) is 37.0 Å². The first-order valence-electron chi connectivity index (χ1n) is 9.15. The van der Waals surface area contributed by atoms with E-state index in [4.69, 9.17) is 15.5 Å². The third kappa shape index (κ3) is 2.63. The van der Waals surface area contributed by atoms with Crippen molar-refractivity contribution >= 4 is 16.9 Å². The normalized spacial score (nSPS) is 31.8. The molecule has 0 saturated heterocycles. The van der Waals surface area contributed by atoms with Crippen molar-refractivity contribution in [3.05, 3.63) is 48.0 Å². The van der Waals surface area contributed by atoms with Gasteiger partial charge in [0.15, 0.2) is 5.17 Å². The van der Waals surface area contributed by atoms with Crippen molar-refractivity contribution in [3.8, 4) is 16.9 Å². The van der Waals surface area contributed by atoms with Crippen LogP contribution in [0.2, 0.25) is 0 Å². The van der Waals surface area contributed by atoms with E-state index in [1.54, 1.807) is 23.9 Å². The molecule has 1 aliphatic carbocycles. The molecule has 3 heterocycles. The number of fused-ring (bicyclic) bond motifs is 4. The Morgan fingerprint density at radius 3 is 2.96 bits per heavy atom. The highest BCUT2D eigenvalue weighted by Crippen LogP contribution is 2.54. The maximum absolute atomic E-state index is 14.2. The summed E-state index contributed by atoms with van der Waals surface area (Å²) in [5.74, 6) is 1.14. The first kappa shape index (κ1) is 17.0. The molecular weight excluding hydrogens is 365 g/mol. The van der Waals surface area contributed by atoms with Crippen LogP contribution in [0.4, 0.5) is 4.39 Å². The molecule has 1 spiro atoms. The number of benzene rings is 1. The highest BCUT2D eigenvalue weighted by atomic mass is 32.2. The Balaban J connectivity index is 1.67. The molecule has 27 heavy (non-hydrogen) atoms. The van der Waals surface area contributed by atoms with Crippen LogP contribution in [0.1, 0.15) is 24.8 Å². The van der Waals surface area contributed by atoms with Gasteiger partial charge in [0, 0.05) is 35.4 Å². The monoisotopic (exact) mass is 385 g/mol. The average Bonchev–Trinajstić information content (AvgIpc) is 3.04. The Kier molecular flexibility index (Phi) is 3.91. The summed E-state index contributed by atoms with van der Waals surface area (Å²) in [7, 11) is 0. The summed E-state index contributed by atoms with van der Waals surface area (Å²) in [6.45, 7) is 0. The molecule has 2 aromatic rings. The minimum absolute atomic E-state index is 0.0857. The summed E-state index contributed by atoms with van der Waals surface area (Å²) in [6.07, 6.45) is 3.18. The number of aliphatic hydroxyl groups excluding tert-OH is 1. The van der Waals surface area contributed by atoms with Gasteiger partial charge in [0.05, 0.1) is 6.10 Å². The number of nitrogens with two attached hydrogens (primary N) is 1. The molecule has 4 unspecified atom stereocenters. The molecule has 0 radical (unpaired) electrons. The largest absolute Gasteiger partial charge is 0.490 e. The third-order valence-corrected chi connectivity index (χ3v) is 6.89. The Morgan fingerprint density at radius 1 is 1.30 bits per heavy atom. The number of thioether (sulfide) groups is 1. The zero-order chi connectivity index (χ0) is 18.6. The molecule has 7 heteroatoms. The van der Waals surface area contributed by atoms with Crippen LogP contribution in [-0.2, 0) is 5.54 Å². The smallest absolute Gasteiger partial charge is 0.220 e. The number of amidine groups is 1. The average molecular weight is 385 g/mol. The number of rotatable bonds is 1. The summed E-state index contributed by atoms with van der Waals surface area (Å²) < 4.78 is 20.5. The standard InChI is InChI=1S/C20H20FN3O2S/c21-18-13(2-1-7-23-18)11-3-6-16-15(8-11)20(10-27-19(22)24-20)14-5-4-12(25)9-17(14)26-16/h1-3,6-8,12,14,17,25H,4-5,9-10H2,(H2,22,24). The first-order valence-corrected chi connectivity index (χ1v) is 10.1. The van der Waals surface area contributed by atoms with Gasteiger partial charge in [-0.25, -0.2) is 9.98 Å². The van der Waals surface area contributed by atoms with Gasteiger partial charge in [-0.15, -0.1) is 0 Å². The van der Waals surface area contributed by atoms with Gasteiger partial charge in [-0.1, -0.05) is 17.8 Å². The van der Waals surface area contributed by atoms with Crippen molar-refractivity contribution in [1.29, 1.82) is 0 Å². The number of hydrogen-bond donors (Lipinski definition) is 2. The lowest BCUT2D eigenvalue weighted by Gasteiger charge is -2.48. The Morgan fingerprint density at radius 2 is 2.19 bits per heavy atom. The molecule has 0 amide bonds. The van der Waals surface area contributed by atoms with Gasteiger partial charge in [-0.2, -0.15) is 4.39 Å². The van der Waals surface area contributed by atoms with Gasteiger partial charge in [0.25, 0.3) is 0 Å². The van der Waals surface area contributed by atoms with Gasteiger partial charge in [0.1, 0.15) is 17.4 Å². The van der Waals surface area contributed by atoms with Crippen LogP contribution in [0.15, 0.2) is 41.5 Å². The van der Waals surface area contributed by atoms with E-state index in [-0.39, 0.29) is 18.1 Å². The molecule has 1 aromatic heterocycles. The molecule has 4 atom stereocenters. The molecule has 1 fully saturated rings. The number of halogens is 1.